The van der Waals surface area contributed by atoms with Crippen molar-refractivity contribution in [1.29, 1.82) is 0 Å². The minimum atomic E-state index is 0.213. The third-order valence-corrected chi connectivity index (χ3v) is 4.91. The van der Waals surface area contributed by atoms with Gasteiger partial charge in [-0.1, -0.05) is 30.3 Å². The van der Waals surface area contributed by atoms with E-state index in [0.717, 1.165) is 43.2 Å². The van der Waals surface area contributed by atoms with E-state index < -0.39 is 0 Å². The molecule has 1 aliphatic heterocycles. The smallest absolute Gasteiger partial charge is 0.227 e. The standard InChI is InChI=1S/C21H26N2O2/c1-16-8-9-20(25-3)19(14-16)22-10-12-23(13-11-22)21(24)15-18-7-5-4-6-17(18)2/h4-9,14H,10-13,15H2,1-3H3. The fourth-order valence-electron chi connectivity index (χ4n) is 3.33. The Labute approximate surface area is 150 Å². The van der Waals surface area contributed by atoms with Crippen LogP contribution >= 0.6 is 0 Å². The molecule has 25 heavy (non-hydrogen) atoms. The largest absolute Gasteiger partial charge is 0.495 e. The molecule has 1 saturated heterocycles. The molecule has 4 heteroatoms. The number of carbonyl (C=O) groups excluding carboxylic acids is 1. The molecule has 0 atom stereocenters. The zero-order valence-corrected chi connectivity index (χ0v) is 15.3. The van der Waals surface area contributed by atoms with Crippen molar-refractivity contribution in [3.63, 3.8) is 0 Å². The van der Waals surface area contributed by atoms with Gasteiger partial charge in [0.15, 0.2) is 0 Å². The molecule has 0 unspecified atom stereocenters. The van der Waals surface area contributed by atoms with Gasteiger partial charge in [-0.05, 0) is 42.7 Å². The Balaban J connectivity index is 1.63. The quantitative estimate of drug-likeness (QED) is 0.858. The number of nitrogens with zero attached hydrogens (tertiary/aromatic N) is 2. The highest BCUT2D eigenvalue weighted by molar-refractivity contribution is 5.79. The summed E-state index contributed by atoms with van der Waals surface area (Å²) < 4.78 is 5.50. The van der Waals surface area contributed by atoms with Crippen molar-refractivity contribution in [3.8, 4) is 5.75 Å². The van der Waals surface area contributed by atoms with Crippen molar-refractivity contribution < 1.29 is 9.53 Å². The minimum Gasteiger partial charge on any atom is -0.495 e. The van der Waals surface area contributed by atoms with Crippen LogP contribution in [0.15, 0.2) is 42.5 Å². The van der Waals surface area contributed by atoms with Crippen molar-refractivity contribution in [2.75, 3.05) is 38.2 Å². The van der Waals surface area contributed by atoms with E-state index in [2.05, 4.69) is 36.9 Å². The van der Waals surface area contributed by atoms with E-state index in [1.54, 1.807) is 7.11 Å². The number of methoxy groups -OCH3 is 1. The van der Waals surface area contributed by atoms with Gasteiger partial charge in [0.1, 0.15) is 5.75 Å². The number of benzene rings is 2. The minimum absolute atomic E-state index is 0.213. The summed E-state index contributed by atoms with van der Waals surface area (Å²) in [5.41, 5.74) is 4.64. The van der Waals surface area contributed by atoms with E-state index in [1.165, 1.54) is 11.1 Å². The van der Waals surface area contributed by atoms with Crippen molar-refractivity contribution in [3.05, 3.63) is 59.2 Å². The molecule has 1 heterocycles. The Morgan fingerprint density at radius 1 is 1.04 bits per heavy atom. The molecule has 4 nitrogen and oxygen atoms in total. The number of rotatable bonds is 4. The molecule has 2 aromatic rings. The van der Waals surface area contributed by atoms with Gasteiger partial charge in [-0.3, -0.25) is 4.79 Å². The van der Waals surface area contributed by atoms with Gasteiger partial charge in [0.25, 0.3) is 0 Å². The zero-order chi connectivity index (χ0) is 17.8. The van der Waals surface area contributed by atoms with Crippen LogP contribution in [-0.4, -0.2) is 44.1 Å². The summed E-state index contributed by atoms with van der Waals surface area (Å²) in [7, 11) is 1.70. The van der Waals surface area contributed by atoms with Crippen molar-refractivity contribution in [2.45, 2.75) is 20.3 Å². The molecular formula is C21H26N2O2. The predicted octanol–water partition coefficient (Wildman–Crippen LogP) is 3.20. The Kier molecular flexibility index (Phi) is 5.27. The van der Waals surface area contributed by atoms with Gasteiger partial charge in [-0.25, -0.2) is 0 Å². The third-order valence-electron chi connectivity index (χ3n) is 4.91. The summed E-state index contributed by atoms with van der Waals surface area (Å²) in [6, 6.07) is 14.3. The topological polar surface area (TPSA) is 32.8 Å². The first-order chi connectivity index (χ1) is 12.1. The van der Waals surface area contributed by atoms with Crippen LogP contribution in [0.2, 0.25) is 0 Å². The van der Waals surface area contributed by atoms with Gasteiger partial charge in [0.2, 0.25) is 5.91 Å². The normalized spacial score (nSPS) is 14.5. The van der Waals surface area contributed by atoms with Crippen LogP contribution in [0.1, 0.15) is 16.7 Å². The first-order valence-electron chi connectivity index (χ1n) is 8.80. The molecule has 0 aliphatic carbocycles. The van der Waals surface area contributed by atoms with E-state index in [1.807, 2.05) is 29.2 Å². The molecule has 132 valence electrons. The van der Waals surface area contributed by atoms with Gasteiger partial charge in [0, 0.05) is 26.2 Å². The highest BCUT2D eigenvalue weighted by Crippen LogP contribution is 2.30. The third kappa shape index (κ3) is 3.95. The lowest BCUT2D eigenvalue weighted by molar-refractivity contribution is -0.130. The van der Waals surface area contributed by atoms with Crippen LogP contribution in [0.25, 0.3) is 0 Å². The van der Waals surface area contributed by atoms with E-state index in [9.17, 15) is 4.79 Å². The number of amides is 1. The number of aryl methyl sites for hydroxylation is 2. The Hall–Kier alpha value is -2.49. The first-order valence-corrected chi connectivity index (χ1v) is 8.80. The van der Waals surface area contributed by atoms with Crippen LogP contribution in [0, 0.1) is 13.8 Å². The van der Waals surface area contributed by atoms with Crippen LogP contribution in [0.4, 0.5) is 5.69 Å². The SMILES string of the molecule is COc1ccc(C)cc1N1CCN(C(=O)Cc2ccccc2C)CC1. The number of anilines is 1. The maximum atomic E-state index is 12.6. The van der Waals surface area contributed by atoms with Crippen molar-refractivity contribution >= 4 is 11.6 Å². The molecule has 0 radical (unpaired) electrons. The number of piperazine rings is 1. The number of hydrogen-bond acceptors (Lipinski definition) is 3. The lowest BCUT2D eigenvalue weighted by atomic mass is 10.1. The van der Waals surface area contributed by atoms with Gasteiger partial charge in [0.05, 0.1) is 19.2 Å². The first kappa shape index (κ1) is 17.3. The highest BCUT2D eigenvalue weighted by Gasteiger charge is 2.23. The van der Waals surface area contributed by atoms with E-state index in [4.69, 9.17) is 4.74 Å². The Morgan fingerprint density at radius 3 is 2.44 bits per heavy atom. The maximum Gasteiger partial charge on any atom is 0.227 e. The Morgan fingerprint density at radius 2 is 1.76 bits per heavy atom. The summed E-state index contributed by atoms with van der Waals surface area (Å²) in [6.45, 7) is 7.32. The fraction of sp³-hybridized carbons (Fsp3) is 0.381. The summed E-state index contributed by atoms with van der Waals surface area (Å²) in [6.07, 6.45) is 0.487. The average Bonchev–Trinajstić information content (AvgIpc) is 2.63. The van der Waals surface area contributed by atoms with Gasteiger partial charge >= 0.3 is 0 Å². The summed E-state index contributed by atoms with van der Waals surface area (Å²) in [4.78, 5) is 16.9. The molecule has 2 aromatic carbocycles. The maximum absolute atomic E-state index is 12.6. The lowest BCUT2D eigenvalue weighted by Crippen LogP contribution is -2.49. The molecule has 0 saturated carbocycles. The van der Waals surface area contributed by atoms with E-state index in [-0.39, 0.29) is 5.91 Å². The molecule has 3 rings (SSSR count). The fourth-order valence-corrected chi connectivity index (χ4v) is 3.33. The van der Waals surface area contributed by atoms with Crippen LogP contribution in [0.3, 0.4) is 0 Å². The Bertz CT molecular complexity index is 749. The molecule has 0 aromatic heterocycles. The lowest BCUT2D eigenvalue weighted by Gasteiger charge is -2.37. The van der Waals surface area contributed by atoms with E-state index >= 15 is 0 Å². The number of ether oxygens (including phenoxy) is 1. The van der Waals surface area contributed by atoms with Gasteiger partial charge < -0.3 is 14.5 Å². The molecule has 1 fully saturated rings. The van der Waals surface area contributed by atoms with Crippen LogP contribution < -0.4 is 9.64 Å². The average molecular weight is 338 g/mol. The second kappa shape index (κ2) is 7.60. The zero-order valence-electron chi connectivity index (χ0n) is 15.3. The van der Waals surface area contributed by atoms with Crippen molar-refractivity contribution in [2.24, 2.45) is 0 Å². The highest BCUT2D eigenvalue weighted by atomic mass is 16.5. The van der Waals surface area contributed by atoms with E-state index in [0.29, 0.717) is 6.42 Å². The summed E-state index contributed by atoms with van der Waals surface area (Å²) in [5, 5.41) is 0. The molecule has 1 amide bonds. The van der Waals surface area contributed by atoms with Crippen molar-refractivity contribution in [1.82, 2.24) is 4.90 Å². The molecule has 0 bridgehead atoms. The van der Waals surface area contributed by atoms with Gasteiger partial charge in [-0.2, -0.15) is 0 Å². The summed E-state index contributed by atoms with van der Waals surface area (Å²) in [5.74, 6) is 1.11. The van der Waals surface area contributed by atoms with Crippen LogP contribution in [-0.2, 0) is 11.2 Å². The molecule has 1 aliphatic rings. The molecule has 0 N–H and O–H groups in total. The predicted molar refractivity (Wildman–Crippen MR) is 101 cm³/mol. The molecule has 0 spiro atoms. The monoisotopic (exact) mass is 338 g/mol. The second-order valence-corrected chi connectivity index (χ2v) is 6.65. The number of hydrogen-bond donors (Lipinski definition) is 0. The second-order valence-electron chi connectivity index (χ2n) is 6.65. The van der Waals surface area contributed by atoms with Gasteiger partial charge in [-0.15, -0.1) is 0 Å². The van der Waals surface area contributed by atoms with Crippen LogP contribution in [0.5, 0.6) is 5.75 Å². The number of carbonyl (C=O) groups is 1. The summed E-state index contributed by atoms with van der Waals surface area (Å²) >= 11 is 0. The molecular weight excluding hydrogens is 312 g/mol.